The number of alkyl halides is 3. The zero-order chi connectivity index (χ0) is 51.4. The number of benzene rings is 11. The largest absolute Gasteiger partial charge is 0.420 e. The molecule has 5 heteroatoms. The zero-order valence-corrected chi connectivity index (χ0v) is 41.5. The lowest BCUT2D eigenvalue weighted by molar-refractivity contribution is -0.136. The van der Waals surface area contributed by atoms with Crippen LogP contribution in [0.15, 0.2) is 309 Å². The van der Waals surface area contributed by atoms with Gasteiger partial charge in [0.1, 0.15) is 27.7 Å². The summed E-state index contributed by atoms with van der Waals surface area (Å²) in [5, 5.41) is 0. The van der Waals surface area contributed by atoms with E-state index in [0.717, 1.165) is 66.8 Å². The van der Waals surface area contributed by atoms with E-state index in [4.69, 9.17) is 0 Å². The van der Waals surface area contributed by atoms with Crippen LogP contribution in [0.3, 0.4) is 0 Å². The topological polar surface area (TPSA) is 6.48 Å². The van der Waals surface area contributed by atoms with Crippen molar-refractivity contribution in [3.63, 3.8) is 0 Å². The second-order valence-electron chi connectivity index (χ2n) is 19.7. The van der Waals surface area contributed by atoms with E-state index in [1.165, 1.54) is 0 Å². The first kappa shape index (κ1) is 46.6. The average molecular weight is 989 g/mol. The van der Waals surface area contributed by atoms with Gasteiger partial charge in [-0.15, -0.1) is 0 Å². The Morgan fingerprint density at radius 1 is 0.211 bits per heavy atom. The van der Waals surface area contributed by atoms with Crippen molar-refractivity contribution in [2.24, 2.45) is 0 Å². The van der Waals surface area contributed by atoms with E-state index >= 15 is 13.2 Å². The van der Waals surface area contributed by atoms with Crippen LogP contribution < -0.4 is 9.80 Å². The van der Waals surface area contributed by atoms with Crippen LogP contribution in [-0.2, 0) is 28.3 Å². The number of rotatable bonds is 10. The highest BCUT2D eigenvalue weighted by molar-refractivity contribution is 5.86. The molecule has 2 heterocycles. The molecule has 13 rings (SSSR count). The minimum atomic E-state index is -4.98. The minimum Gasteiger partial charge on any atom is -0.335 e. The molecular formula is C71H51F3N2. The summed E-state index contributed by atoms with van der Waals surface area (Å²) < 4.78 is 55.3. The Bertz CT molecular complexity index is 3180. The first-order valence-corrected chi connectivity index (χ1v) is 25.8. The van der Waals surface area contributed by atoms with Crippen LogP contribution in [0.1, 0.15) is 72.3 Å². The normalized spacial score (nSPS) is 15.7. The number of anilines is 2. The molecule has 0 radical (unpaired) electrons. The Hall–Kier alpha value is -9.19. The summed E-state index contributed by atoms with van der Waals surface area (Å²) in [4.78, 5) is 4.30. The first-order chi connectivity index (χ1) is 37.4. The fourth-order valence-electron chi connectivity index (χ4n) is 13.5. The summed E-state index contributed by atoms with van der Waals surface area (Å²) in [6, 6.07) is 103. The highest BCUT2D eigenvalue weighted by Crippen LogP contribution is 2.67. The Labute approximate surface area is 442 Å². The van der Waals surface area contributed by atoms with Crippen LogP contribution in [0, 0.1) is 0 Å². The Kier molecular flexibility index (Phi) is 11.2. The van der Waals surface area contributed by atoms with Crippen molar-refractivity contribution < 1.29 is 13.2 Å². The highest BCUT2D eigenvalue weighted by Gasteiger charge is 2.66. The lowest BCUT2D eigenvalue weighted by Crippen LogP contribution is -2.56. The molecule has 0 atom stereocenters. The van der Waals surface area contributed by atoms with Crippen molar-refractivity contribution in [1.29, 1.82) is 0 Å². The Morgan fingerprint density at radius 3 is 0.553 bits per heavy atom. The van der Waals surface area contributed by atoms with E-state index < -0.39 is 33.9 Å². The van der Waals surface area contributed by atoms with Crippen molar-refractivity contribution in [3.05, 3.63) is 382 Å². The van der Waals surface area contributed by atoms with Gasteiger partial charge in [0.05, 0.1) is 11.4 Å². The van der Waals surface area contributed by atoms with Gasteiger partial charge in [0.25, 0.3) is 0 Å². The van der Waals surface area contributed by atoms with Crippen molar-refractivity contribution in [2.75, 3.05) is 9.80 Å². The molecule has 11 aromatic rings. The van der Waals surface area contributed by atoms with Crippen LogP contribution >= 0.6 is 0 Å². The van der Waals surface area contributed by atoms with E-state index in [0.29, 0.717) is 0 Å². The van der Waals surface area contributed by atoms with Crippen LogP contribution in [0.5, 0.6) is 0 Å². The molecule has 2 aliphatic rings. The van der Waals surface area contributed by atoms with E-state index in [9.17, 15) is 0 Å². The van der Waals surface area contributed by atoms with Gasteiger partial charge in [-0.05, 0) is 78.9 Å². The molecule has 0 saturated heterocycles. The molecule has 0 fully saturated rings. The molecule has 366 valence electrons. The first-order valence-electron chi connectivity index (χ1n) is 25.8. The molecule has 2 nitrogen and oxygen atoms in total. The predicted octanol–water partition coefficient (Wildman–Crippen LogP) is 16.9. The van der Waals surface area contributed by atoms with Crippen LogP contribution in [0.25, 0.3) is 0 Å². The van der Waals surface area contributed by atoms with E-state index in [1.807, 2.05) is 176 Å². The molecule has 0 saturated carbocycles. The summed E-state index contributed by atoms with van der Waals surface area (Å²) in [7, 11) is 0. The Morgan fingerprint density at radius 2 is 0.382 bits per heavy atom. The van der Waals surface area contributed by atoms with Crippen molar-refractivity contribution in [1.82, 2.24) is 0 Å². The lowest BCUT2D eigenvalue weighted by Gasteiger charge is -2.53. The second-order valence-corrected chi connectivity index (χ2v) is 19.7. The average Bonchev–Trinajstić information content (AvgIpc) is 3.95. The fourth-order valence-corrected chi connectivity index (χ4v) is 13.5. The molecule has 76 heavy (non-hydrogen) atoms. The van der Waals surface area contributed by atoms with Gasteiger partial charge in [-0.3, -0.25) is 0 Å². The number of fused-ring (bicyclic) bond motifs is 2. The maximum atomic E-state index is 18.4. The van der Waals surface area contributed by atoms with Gasteiger partial charge in [0.15, 0.2) is 0 Å². The molecule has 11 aromatic carbocycles. The maximum Gasteiger partial charge on any atom is 0.420 e. The third-order valence-electron chi connectivity index (χ3n) is 16.1. The van der Waals surface area contributed by atoms with E-state index in [2.05, 4.69) is 131 Å². The quantitative estimate of drug-likeness (QED) is 0.135. The monoisotopic (exact) mass is 988 g/mol. The molecule has 0 aliphatic carbocycles. The number of hydrogen-bond donors (Lipinski definition) is 0. The smallest absolute Gasteiger partial charge is 0.335 e. The van der Waals surface area contributed by atoms with Gasteiger partial charge in [-0.25, -0.2) is 0 Å². The highest BCUT2D eigenvalue weighted by atomic mass is 19.4. The maximum absolute atomic E-state index is 18.4. The summed E-state index contributed by atoms with van der Waals surface area (Å²) in [6.07, 6.45) is -4.98. The third kappa shape index (κ3) is 6.54. The second kappa shape index (κ2) is 18.3. The van der Waals surface area contributed by atoms with Gasteiger partial charge in [0, 0.05) is 0 Å². The summed E-state index contributed by atoms with van der Waals surface area (Å²) >= 11 is 0. The number of halogens is 3. The third-order valence-corrected chi connectivity index (χ3v) is 16.1. The van der Waals surface area contributed by atoms with Crippen molar-refractivity contribution in [3.8, 4) is 0 Å². The molecule has 0 unspecified atom stereocenters. The molecule has 0 N–H and O–H groups in total. The summed E-state index contributed by atoms with van der Waals surface area (Å²) in [6.45, 7) is 0. The number of nitrogens with zero attached hydrogens (tertiary/aromatic N) is 2. The van der Waals surface area contributed by atoms with E-state index in [1.54, 1.807) is 12.1 Å². The Balaban J connectivity index is 1.28. The SMILES string of the molecule is FC(F)(F)c1c(N2C(c3ccccc3)(c3ccccc3)c3ccccc3C2(c2ccccc2)c2ccccc2)cccc1N1C(c2ccccc2)(c2ccccc2)c2ccccc2C1(c1ccccc1)c1ccccc1. The molecule has 0 spiro atoms. The van der Waals surface area contributed by atoms with Gasteiger partial charge < -0.3 is 9.80 Å². The summed E-state index contributed by atoms with van der Waals surface area (Å²) in [5.41, 5.74) is 3.83. The lowest BCUT2D eigenvalue weighted by atomic mass is 9.75. The predicted molar refractivity (Wildman–Crippen MR) is 300 cm³/mol. The number of hydrogen-bond acceptors (Lipinski definition) is 2. The van der Waals surface area contributed by atoms with Gasteiger partial charge in [-0.1, -0.05) is 297 Å². The minimum absolute atomic E-state index is 0.0163. The molecule has 2 aliphatic heterocycles. The van der Waals surface area contributed by atoms with Crippen LogP contribution in [0.2, 0.25) is 0 Å². The van der Waals surface area contributed by atoms with Crippen LogP contribution in [0.4, 0.5) is 24.5 Å². The van der Waals surface area contributed by atoms with E-state index in [-0.39, 0.29) is 11.4 Å². The van der Waals surface area contributed by atoms with Crippen molar-refractivity contribution in [2.45, 2.75) is 28.3 Å². The molecule has 0 bridgehead atoms. The molecule has 0 amide bonds. The van der Waals surface area contributed by atoms with Crippen molar-refractivity contribution >= 4 is 11.4 Å². The zero-order valence-electron chi connectivity index (χ0n) is 41.5. The van der Waals surface area contributed by atoms with Gasteiger partial charge in [-0.2, -0.15) is 13.2 Å². The fraction of sp³-hybridized carbons (Fsp3) is 0.0704. The van der Waals surface area contributed by atoms with Crippen LogP contribution in [-0.4, -0.2) is 0 Å². The van der Waals surface area contributed by atoms with Gasteiger partial charge in [0.2, 0.25) is 0 Å². The molecule has 0 aromatic heterocycles. The van der Waals surface area contributed by atoms with Gasteiger partial charge >= 0.3 is 6.18 Å². The molecular weight excluding hydrogens is 938 g/mol. The summed E-state index contributed by atoms with van der Waals surface area (Å²) in [5.74, 6) is 0. The standard InChI is InChI=1S/C71H51F3N2/c72-71(73,74)66-64(75-67(52-30-9-1-10-31-52,53-32-11-2-12-33-53)60-46-25-26-47-61(60)68(75,54-34-13-3-14-35-54)55-36-15-4-16-37-55)50-29-51-65(66)76-69(56-38-17-5-18-39-56,57-40-19-6-20-41-57)62-48-27-28-49-63(62)70(76,58-42-21-7-22-43-58)59-44-23-8-24-45-59/h1-51H.